The minimum atomic E-state index is -0.534. The quantitative estimate of drug-likeness (QED) is 0.752. The molecule has 2 heterocycles. The van der Waals surface area contributed by atoms with E-state index < -0.39 is 6.04 Å². The van der Waals surface area contributed by atoms with Crippen LogP contribution in [0.5, 0.6) is 0 Å². The minimum Gasteiger partial charge on any atom is -0.306 e. The number of nitrogens with one attached hydrogen (secondary N) is 1. The van der Waals surface area contributed by atoms with Crippen LogP contribution in [-0.2, 0) is 11.3 Å². The Bertz CT molecular complexity index is 843. The van der Waals surface area contributed by atoms with E-state index in [1.54, 1.807) is 24.0 Å². The number of halogens is 2. The van der Waals surface area contributed by atoms with Crippen molar-refractivity contribution in [3.63, 3.8) is 0 Å². The van der Waals surface area contributed by atoms with Crippen molar-refractivity contribution in [3.8, 4) is 0 Å². The van der Waals surface area contributed by atoms with E-state index in [2.05, 4.69) is 15.5 Å². The summed E-state index contributed by atoms with van der Waals surface area (Å²) in [6, 6.07) is 9.33. The van der Waals surface area contributed by atoms with Crippen molar-refractivity contribution in [1.82, 2.24) is 19.6 Å². The van der Waals surface area contributed by atoms with E-state index >= 15 is 0 Å². The molecule has 0 aliphatic carbocycles. The lowest BCUT2D eigenvalue weighted by atomic mass is 10.2. The summed E-state index contributed by atoms with van der Waals surface area (Å²) in [5, 5.41) is 11.9. The number of hydrogen-bond donors (Lipinski definition) is 1. The lowest BCUT2D eigenvalue weighted by Gasteiger charge is -2.11. The number of amides is 1. The van der Waals surface area contributed by atoms with Crippen LogP contribution in [0.25, 0.3) is 0 Å². The Morgan fingerprint density at radius 3 is 2.67 bits per heavy atom. The largest absolute Gasteiger partial charge is 0.306 e. The number of anilines is 1. The maximum Gasteiger partial charge on any atom is 0.250 e. The number of carbonyl (C=O) groups is 1. The average Bonchev–Trinajstić information content (AvgIpc) is 3.14. The van der Waals surface area contributed by atoms with Gasteiger partial charge in [0.1, 0.15) is 11.1 Å². The van der Waals surface area contributed by atoms with Crippen molar-refractivity contribution in [2.45, 2.75) is 19.5 Å². The summed E-state index contributed by atoms with van der Waals surface area (Å²) >= 11 is 12.0. The molecule has 3 aromatic rings. The zero-order valence-electron chi connectivity index (χ0n) is 12.9. The Labute approximate surface area is 149 Å². The number of benzene rings is 1. The number of carbonyl (C=O) groups excluding carboxylic acids is 1. The predicted octanol–water partition coefficient (Wildman–Crippen LogP) is 3.63. The van der Waals surface area contributed by atoms with Crippen LogP contribution in [0.1, 0.15) is 18.5 Å². The van der Waals surface area contributed by atoms with Crippen LogP contribution in [0.4, 0.5) is 5.82 Å². The highest BCUT2D eigenvalue weighted by atomic mass is 35.5. The molecular weight excluding hydrogens is 349 g/mol. The smallest absolute Gasteiger partial charge is 0.250 e. The molecule has 0 saturated carbocycles. The van der Waals surface area contributed by atoms with E-state index in [4.69, 9.17) is 23.2 Å². The molecule has 8 heteroatoms. The third kappa shape index (κ3) is 3.77. The van der Waals surface area contributed by atoms with Gasteiger partial charge in [0.15, 0.2) is 5.82 Å². The number of hydrogen-bond acceptors (Lipinski definition) is 3. The molecule has 1 N–H and O–H groups in total. The first-order valence-corrected chi connectivity index (χ1v) is 8.06. The molecule has 124 valence electrons. The molecule has 1 aromatic carbocycles. The van der Waals surface area contributed by atoms with E-state index in [1.165, 1.54) is 10.9 Å². The standard InChI is InChI=1S/C16H15Cl2N5O/c1-11(23-9-13(17)7-19-23)16(24)20-15-14(18)10-22(21-15)8-12-5-3-2-4-6-12/h2-7,9-11H,8H2,1H3,(H,20,21,24). The molecule has 3 rings (SSSR count). The van der Waals surface area contributed by atoms with Crippen LogP contribution in [-0.4, -0.2) is 25.5 Å². The monoisotopic (exact) mass is 363 g/mol. The molecule has 0 aliphatic rings. The van der Waals surface area contributed by atoms with Crippen LogP contribution in [0.2, 0.25) is 10.0 Å². The van der Waals surface area contributed by atoms with Gasteiger partial charge in [0.05, 0.1) is 17.8 Å². The van der Waals surface area contributed by atoms with Gasteiger partial charge < -0.3 is 5.32 Å². The second kappa shape index (κ2) is 7.07. The first-order valence-electron chi connectivity index (χ1n) is 7.30. The van der Waals surface area contributed by atoms with Gasteiger partial charge in [-0.15, -0.1) is 0 Å². The second-order valence-electron chi connectivity index (χ2n) is 5.31. The molecule has 1 amide bonds. The molecule has 6 nitrogen and oxygen atoms in total. The van der Waals surface area contributed by atoms with Crippen LogP contribution >= 0.6 is 23.2 Å². The maximum absolute atomic E-state index is 12.3. The van der Waals surface area contributed by atoms with E-state index in [0.717, 1.165) is 5.56 Å². The first kappa shape index (κ1) is 16.5. The Kier molecular flexibility index (Phi) is 4.87. The lowest BCUT2D eigenvalue weighted by Crippen LogP contribution is -2.24. The van der Waals surface area contributed by atoms with Gasteiger partial charge in [-0.3, -0.25) is 14.2 Å². The molecule has 0 aliphatic heterocycles. The summed E-state index contributed by atoms with van der Waals surface area (Å²) in [6.45, 7) is 2.29. The van der Waals surface area contributed by atoms with Crippen LogP contribution in [0, 0.1) is 0 Å². The molecule has 0 spiro atoms. The van der Waals surface area contributed by atoms with Crippen LogP contribution < -0.4 is 5.32 Å². The van der Waals surface area contributed by atoms with Crippen molar-refractivity contribution in [3.05, 3.63) is 64.5 Å². The van der Waals surface area contributed by atoms with Gasteiger partial charge in [0, 0.05) is 12.4 Å². The van der Waals surface area contributed by atoms with E-state index in [-0.39, 0.29) is 5.91 Å². The molecule has 24 heavy (non-hydrogen) atoms. The number of aromatic nitrogens is 4. The van der Waals surface area contributed by atoms with Crippen LogP contribution in [0.15, 0.2) is 48.9 Å². The third-order valence-electron chi connectivity index (χ3n) is 3.49. The SMILES string of the molecule is CC(C(=O)Nc1nn(Cc2ccccc2)cc1Cl)n1cc(Cl)cn1. The highest BCUT2D eigenvalue weighted by Crippen LogP contribution is 2.21. The highest BCUT2D eigenvalue weighted by molar-refractivity contribution is 6.33. The normalized spacial score (nSPS) is 12.1. The van der Waals surface area contributed by atoms with Crippen molar-refractivity contribution in [1.29, 1.82) is 0 Å². The summed E-state index contributed by atoms with van der Waals surface area (Å²) in [6.07, 6.45) is 4.74. The van der Waals surface area contributed by atoms with Crippen LogP contribution in [0.3, 0.4) is 0 Å². The fourth-order valence-electron chi connectivity index (χ4n) is 2.20. The van der Waals surface area contributed by atoms with Gasteiger partial charge in [-0.1, -0.05) is 53.5 Å². The van der Waals surface area contributed by atoms with Gasteiger partial charge in [-0.2, -0.15) is 10.2 Å². The van der Waals surface area contributed by atoms with Gasteiger partial charge in [-0.25, -0.2) is 0 Å². The summed E-state index contributed by atoms with van der Waals surface area (Å²) in [5.74, 6) is 0.0457. The molecule has 0 bridgehead atoms. The van der Waals surface area contributed by atoms with E-state index in [1.807, 2.05) is 30.3 Å². The first-order chi connectivity index (χ1) is 11.5. The molecule has 0 saturated heterocycles. The van der Waals surface area contributed by atoms with E-state index in [9.17, 15) is 4.79 Å². The number of rotatable bonds is 5. The topological polar surface area (TPSA) is 64.7 Å². The summed E-state index contributed by atoms with van der Waals surface area (Å²) in [7, 11) is 0. The predicted molar refractivity (Wildman–Crippen MR) is 93.4 cm³/mol. The van der Waals surface area contributed by atoms with Gasteiger partial charge in [0.25, 0.3) is 0 Å². The zero-order valence-corrected chi connectivity index (χ0v) is 14.4. The summed E-state index contributed by atoms with van der Waals surface area (Å²) in [4.78, 5) is 12.3. The Morgan fingerprint density at radius 2 is 2.00 bits per heavy atom. The van der Waals surface area contributed by atoms with Crippen molar-refractivity contribution >= 4 is 34.9 Å². The molecule has 1 atom stereocenters. The third-order valence-corrected chi connectivity index (χ3v) is 3.96. The number of nitrogens with zero attached hydrogens (tertiary/aromatic N) is 4. The fourth-order valence-corrected chi connectivity index (χ4v) is 2.54. The fraction of sp³-hybridized carbons (Fsp3) is 0.188. The van der Waals surface area contributed by atoms with Crippen molar-refractivity contribution < 1.29 is 4.79 Å². The Balaban J connectivity index is 1.70. The molecule has 2 aromatic heterocycles. The van der Waals surface area contributed by atoms with Crippen molar-refractivity contribution in [2.75, 3.05) is 5.32 Å². The zero-order chi connectivity index (χ0) is 17.1. The van der Waals surface area contributed by atoms with E-state index in [0.29, 0.717) is 22.4 Å². The van der Waals surface area contributed by atoms with Crippen molar-refractivity contribution in [2.24, 2.45) is 0 Å². The average molecular weight is 364 g/mol. The van der Waals surface area contributed by atoms with Gasteiger partial charge >= 0.3 is 0 Å². The minimum absolute atomic E-state index is 0.276. The molecule has 0 fully saturated rings. The summed E-state index contributed by atoms with van der Waals surface area (Å²) < 4.78 is 3.16. The maximum atomic E-state index is 12.3. The lowest BCUT2D eigenvalue weighted by molar-refractivity contribution is -0.119. The summed E-state index contributed by atoms with van der Waals surface area (Å²) in [5.41, 5.74) is 1.09. The van der Waals surface area contributed by atoms with Gasteiger partial charge in [-0.05, 0) is 12.5 Å². The second-order valence-corrected chi connectivity index (χ2v) is 6.16. The molecular formula is C16H15Cl2N5O. The Hall–Kier alpha value is -2.31. The Morgan fingerprint density at radius 1 is 1.25 bits per heavy atom. The van der Waals surface area contributed by atoms with Gasteiger partial charge in [0.2, 0.25) is 5.91 Å². The molecule has 0 radical (unpaired) electrons. The molecule has 1 unspecified atom stereocenters. The highest BCUT2D eigenvalue weighted by Gasteiger charge is 2.19.